The topological polar surface area (TPSA) is 53.4 Å². The van der Waals surface area contributed by atoms with Crippen molar-refractivity contribution < 1.29 is 27.5 Å². The molecule has 0 unspecified atom stereocenters. The van der Waals surface area contributed by atoms with E-state index in [9.17, 15) is 27.5 Å². The van der Waals surface area contributed by atoms with E-state index in [4.69, 9.17) is 0 Å². The minimum absolute atomic E-state index is 0.0501. The number of β-amino-alcohol motifs (C(OH)–C–C–N with tert-alkyl or cyclic N) is 1. The molecule has 2 aromatic rings. The number of nitrogens with zero attached hydrogens (tertiary/aromatic N) is 2. The number of rotatable bonds is 2. The molecule has 0 spiro atoms. The molecule has 1 fully saturated rings. The minimum Gasteiger partial charge on any atom is -0.391 e. The van der Waals surface area contributed by atoms with E-state index in [1.54, 1.807) is 0 Å². The number of aromatic nitrogens is 1. The third-order valence-electron chi connectivity index (χ3n) is 4.17. The second kappa shape index (κ2) is 6.44. The van der Waals surface area contributed by atoms with Crippen LogP contribution in [0.1, 0.15) is 33.9 Å². The van der Waals surface area contributed by atoms with Crippen LogP contribution in [0.15, 0.2) is 42.7 Å². The highest BCUT2D eigenvalue weighted by molar-refractivity contribution is 5.94. The third kappa shape index (κ3) is 3.34. The van der Waals surface area contributed by atoms with Gasteiger partial charge in [-0.05, 0) is 24.1 Å². The highest BCUT2D eigenvalue weighted by atomic mass is 19.4. The molecule has 1 amide bonds. The Labute approximate surface area is 140 Å². The summed E-state index contributed by atoms with van der Waals surface area (Å²) in [6.45, 7) is -0.169. The summed E-state index contributed by atoms with van der Waals surface area (Å²) in [6.07, 6.45) is -3.55. The van der Waals surface area contributed by atoms with Crippen LogP contribution >= 0.6 is 0 Å². The first-order valence-corrected chi connectivity index (χ1v) is 7.53. The van der Waals surface area contributed by atoms with Gasteiger partial charge < -0.3 is 10.0 Å². The average Bonchev–Trinajstić information content (AvgIpc) is 2.96. The number of carbonyl (C=O) groups excluding carboxylic acids is 1. The van der Waals surface area contributed by atoms with Crippen LogP contribution in [0.4, 0.5) is 17.6 Å². The highest BCUT2D eigenvalue weighted by Gasteiger charge is 2.41. The number of pyridine rings is 1. The summed E-state index contributed by atoms with van der Waals surface area (Å²) >= 11 is 0. The van der Waals surface area contributed by atoms with Crippen LogP contribution in [-0.2, 0) is 6.18 Å². The van der Waals surface area contributed by atoms with E-state index in [0.29, 0.717) is 0 Å². The molecular weight excluding hydrogens is 340 g/mol. The molecule has 0 bridgehead atoms. The molecular formula is C17H14F4N2O2. The zero-order valence-electron chi connectivity index (χ0n) is 12.9. The number of benzene rings is 1. The molecule has 1 aliphatic heterocycles. The van der Waals surface area contributed by atoms with Gasteiger partial charge >= 0.3 is 6.18 Å². The first-order chi connectivity index (χ1) is 11.8. The summed E-state index contributed by atoms with van der Waals surface area (Å²) in [5.41, 5.74) is -1.28. The maximum atomic E-state index is 13.8. The molecule has 1 aromatic heterocycles. The Morgan fingerprint density at radius 2 is 1.96 bits per heavy atom. The first-order valence-electron chi connectivity index (χ1n) is 7.53. The number of hydrogen-bond acceptors (Lipinski definition) is 3. The van der Waals surface area contributed by atoms with Crippen molar-refractivity contribution in [2.45, 2.75) is 24.7 Å². The molecule has 25 heavy (non-hydrogen) atoms. The molecule has 1 aromatic carbocycles. The van der Waals surface area contributed by atoms with E-state index in [0.717, 1.165) is 23.2 Å². The standard InChI is InChI=1S/C17H14F4N2O2/c18-14-8-22-6-5-12(14)16(25)23-9-10(24)7-15(23)11-3-1-2-4-13(11)17(19,20)21/h1-6,8,10,15,24H,7,9H2/t10-,15-/m1/s1. The number of aliphatic hydroxyl groups excluding tert-OH is 1. The van der Waals surface area contributed by atoms with Crippen LogP contribution in [0, 0.1) is 5.82 Å². The van der Waals surface area contributed by atoms with E-state index in [1.807, 2.05) is 0 Å². The molecule has 1 aliphatic rings. The van der Waals surface area contributed by atoms with Crippen LogP contribution in [0.3, 0.4) is 0 Å². The Hall–Kier alpha value is -2.48. The Kier molecular flexibility index (Phi) is 4.47. The molecule has 1 saturated heterocycles. The lowest BCUT2D eigenvalue weighted by atomic mass is 9.97. The lowest BCUT2D eigenvalue weighted by Gasteiger charge is -2.27. The van der Waals surface area contributed by atoms with Crippen LogP contribution in [0.25, 0.3) is 0 Å². The van der Waals surface area contributed by atoms with Gasteiger partial charge in [0.15, 0.2) is 5.82 Å². The molecule has 0 radical (unpaired) electrons. The van der Waals surface area contributed by atoms with E-state index >= 15 is 0 Å². The Bertz CT molecular complexity index is 794. The fraction of sp³-hybridized carbons (Fsp3) is 0.294. The second-order valence-corrected chi connectivity index (χ2v) is 5.80. The summed E-state index contributed by atoms with van der Waals surface area (Å²) in [7, 11) is 0. The number of halogens is 4. The van der Waals surface area contributed by atoms with Gasteiger partial charge in [0.1, 0.15) is 0 Å². The van der Waals surface area contributed by atoms with E-state index in [2.05, 4.69) is 4.98 Å². The zero-order chi connectivity index (χ0) is 18.2. The van der Waals surface area contributed by atoms with Gasteiger partial charge in [0.25, 0.3) is 5.91 Å². The van der Waals surface area contributed by atoms with Crippen LogP contribution in [-0.4, -0.2) is 33.5 Å². The van der Waals surface area contributed by atoms with Crippen molar-refractivity contribution in [3.63, 3.8) is 0 Å². The number of amides is 1. The summed E-state index contributed by atoms with van der Waals surface area (Å²) in [6, 6.07) is 5.06. The predicted molar refractivity (Wildman–Crippen MR) is 80.0 cm³/mol. The largest absolute Gasteiger partial charge is 0.416 e. The predicted octanol–water partition coefficient (Wildman–Crippen LogP) is 3.19. The molecule has 0 aliphatic carbocycles. The molecule has 3 rings (SSSR count). The Balaban J connectivity index is 2.02. The molecule has 4 nitrogen and oxygen atoms in total. The van der Waals surface area contributed by atoms with Gasteiger partial charge in [0, 0.05) is 12.7 Å². The number of alkyl halides is 3. The summed E-state index contributed by atoms with van der Waals surface area (Å²) in [5.74, 6) is -1.64. The summed E-state index contributed by atoms with van der Waals surface area (Å²) in [4.78, 5) is 17.2. The zero-order valence-corrected chi connectivity index (χ0v) is 12.9. The monoisotopic (exact) mass is 354 g/mol. The number of aliphatic hydroxyl groups is 1. The van der Waals surface area contributed by atoms with Crippen molar-refractivity contribution in [2.24, 2.45) is 0 Å². The second-order valence-electron chi connectivity index (χ2n) is 5.80. The van der Waals surface area contributed by atoms with Crippen molar-refractivity contribution in [3.8, 4) is 0 Å². The maximum Gasteiger partial charge on any atom is 0.416 e. The van der Waals surface area contributed by atoms with E-state index in [-0.39, 0.29) is 24.1 Å². The number of hydrogen-bond donors (Lipinski definition) is 1. The lowest BCUT2D eigenvalue weighted by Crippen LogP contribution is -2.33. The fourth-order valence-electron chi connectivity index (χ4n) is 3.08. The minimum atomic E-state index is -4.60. The summed E-state index contributed by atoms with van der Waals surface area (Å²) in [5, 5.41) is 9.91. The van der Waals surface area contributed by atoms with E-state index in [1.165, 1.54) is 24.4 Å². The summed E-state index contributed by atoms with van der Waals surface area (Å²) < 4.78 is 53.7. The molecule has 0 saturated carbocycles. The van der Waals surface area contributed by atoms with Crippen LogP contribution < -0.4 is 0 Å². The smallest absolute Gasteiger partial charge is 0.391 e. The van der Waals surface area contributed by atoms with Gasteiger partial charge in [-0.1, -0.05) is 18.2 Å². The quantitative estimate of drug-likeness (QED) is 0.843. The maximum absolute atomic E-state index is 13.8. The molecule has 8 heteroatoms. The molecule has 2 atom stereocenters. The average molecular weight is 354 g/mol. The van der Waals surface area contributed by atoms with Gasteiger partial charge in [-0.2, -0.15) is 13.2 Å². The molecule has 1 N–H and O–H groups in total. The van der Waals surface area contributed by atoms with Gasteiger partial charge in [-0.15, -0.1) is 0 Å². The SMILES string of the molecule is O=C(c1ccncc1F)N1C[C@H](O)C[C@@H]1c1ccccc1C(F)(F)F. The number of likely N-dealkylation sites (tertiary alicyclic amines) is 1. The van der Waals surface area contributed by atoms with Crippen molar-refractivity contribution in [2.75, 3.05) is 6.54 Å². The molecule has 132 valence electrons. The van der Waals surface area contributed by atoms with Crippen molar-refractivity contribution in [1.29, 1.82) is 0 Å². The Morgan fingerprint density at radius 1 is 1.24 bits per heavy atom. The Morgan fingerprint density at radius 3 is 2.64 bits per heavy atom. The van der Waals surface area contributed by atoms with Crippen molar-refractivity contribution in [1.82, 2.24) is 9.88 Å². The fourth-order valence-corrected chi connectivity index (χ4v) is 3.08. The number of carbonyl (C=O) groups is 1. The first kappa shape index (κ1) is 17.3. The van der Waals surface area contributed by atoms with Crippen molar-refractivity contribution in [3.05, 3.63) is 65.2 Å². The van der Waals surface area contributed by atoms with Gasteiger partial charge in [0.2, 0.25) is 0 Å². The van der Waals surface area contributed by atoms with E-state index < -0.39 is 35.6 Å². The lowest BCUT2D eigenvalue weighted by molar-refractivity contribution is -0.138. The highest BCUT2D eigenvalue weighted by Crippen LogP contribution is 2.40. The van der Waals surface area contributed by atoms with Crippen molar-refractivity contribution >= 4 is 5.91 Å². The third-order valence-corrected chi connectivity index (χ3v) is 4.17. The van der Waals surface area contributed by atoms with Crippen LogP contribution in [0.5, 0.6) is 0 Å². The van der Waals surface area contributed by atoms with Gasteiger partial charge in [-0.25, -0.2) is 4.39 Å². The normalized spacial score (nSPS) is 20.8. The van der Waals surface area contributed by atoms with Gasteiger partial charge in [-0.3, -0.25) is 9.78 Å². The van der Waals surface area contributed by atoms with Gasteiger partial charge in [0.05, 0.1) is 29.5 Å². The van der Waals surface area contributed by atoms with Crippen LogP contribution in [0.2, 0.25) is 0 Å². The molecule has 2 heterocycles.